The van der Waals surface area contributed by atoms with E-state index in [1.165, 1.54) is 35.3 Å². The molecule has 3 aromatic rings. The van der Waals surface area contributed by atoms with E-state index in [-0.39, 0.29) is 11.6 Å². The number of aryl methyl sites for hydroxylation is 1. The van der Waals surface area contributed by atoms with Gasteiger partial charge in [-0.25, -0.2) is 4.98 Å². The molecule has 1 fully saturated rings. The third kappa shape index (κ3) is 3.31. The summed E-state index contributed by atoms with van der Waals surface area (Å²) in [6.07, 6.45) is 5.73. The molecule has 2 heterocycles. The fraction of sp³-hybridized carbons (Fsp3) is 0.478. The second kappa shape index (κ2) is 7.12. The molecule has 5 rings (SSSR count). The summed E-state index contributed by atoms with van der Waals surface area (Å²) in [7, 11) is 0. The highest BCUT2D eigenvalue weighted by Gasteiger charge is 2.34. The van der Waals surface area contributed by atoms with Crippen molar-refractivity contribution >= 4 is 21.6 Å². The van der Waals surface area contributed by atoms with Gasteiger partial charge in [0.05, 0.1) is 11.4 Å². The third-order valence-corrected chi connectivity index (χ3v) is 7.45. The molecule has 1 N–H and O–H groups in total. The number of nitrogens with one attached hydrogen (secondary N) is 1. The van der Waals surface area contributed by atoms with Crippen LogP contribution < -0.4 is 5.56 Å². The first-order valence-electron chi connectivity index (χ1n) is 10.4. The lowest BCUT2D eigenvalue weighted by Gasteiger charge is -2.28. The molecule has 0 bridgehead atoms. The summed E-state index contributed by atoms with van der Waals surface area (Å²) in [5, 5.41) is 0.851. The zero-order chi connectivity index (χ0) is 19.3. The number of aromatic amines is 1. The van der Waals surface area contributed by atoms with E-state index in [0.717, 1.165) is 35.4 Å². The van der Waals surface area contributed by atoms with E-state index in [0.29, 0.717) is 12.0 Å². The van der Waals surface area contributed by atoms with Crippen LogP contribution >= 0.6 is 11.3 Å². The first-order chi connectivity index (χ1) is 13.6. The van der Waals surface area contributed by atoms with Crippen molar-refractivity contribution < 1.29 is 0 Å². The van der Waals surface area contributed by atoms with E-state index < -0.39 is 0 Å². The molecule has 146 valence electrons. The number of rotatable bonds is 5. The number of H-pyrrole nitrogens is 1. The first kappa shape index (κ1) is 18.1. The number of nitrogens with zero attached hydrogens (tertiary/aromatic N) is 2. The molecule has 1 aromatic carbocycles. The third-order valence-electron chi connectivity index (χ3n) is 6.30. The van der Waals surface area contributed by atoms with Crippen molar-refractivity contribution in [1.82, 2.24) is 14.9 Å². The fourth-order valence-electron chi connectivity index (χ4n) is 4.50. The lowest BCUT2D eigenvalue weighted by Crippen LogP contribution is -2.31. The van der Waals surface area contributed by atoms with Gasteiger partial charge in [0.2, 0.25) is 0 Å². The van der Waals surface area contributed by atoms with Gasteiger partial charge in [0.25, 0.3) is 5.56 Å². The Morgan fingerprint density at radius 1 is 1.25 bits per heavy atom. The van der Waals surface area contributed by atoms with Crippen molar-refractivity contribution in [3.05, 3.63) is 62.5 Å². The van der Waals surface area contributed by atoms with E-state index in [9.17, 15) is 4.79 Å². The number of fused-ring (bicyclic) bond motifs is 3. The highest BCUT2D eigenvalue weighted by molar-refractivity contribution is 7.18. The summed E-state index contributed by atoms with van der Waals surface area (Å²) in [6.45, 7) is 5.38. The highest BCUT2D eigenvalue weighted by Crippen LogP contribution is 2.38. The molecular formula is C23H27N3OS. The standard InChI is InChI=1S/C23H27N3OS/c1-14-8-11-18-19(12-14)28-23-20(18)22(27)24-21(25-23)15(2)26(17-9-10-17)13-16-6-4-3-5-7-16/h3-7,14-15,17H,8-13H2,1-2H3,(H,24,25,27). The minimum Gasteiger partial charge on any atom is -0.309 e. The van der Waals surface area contributed by atoms with Crippen LogP contribution in [0.3, 0.4) is 0 Å². The van der Waals surface area contributed by atoms with Gasteiger partial charge in [0, 0.05) is 17.5 Å². The van der Waals surface area contributed by atoms with Gasteiger partial charge in [-0.3, -0.25) is 9.69 Å². The monoisotopic (exact) mass is 393 g/mol. The Morgan fingerprint density at radius 2 is 2.04 bits per heavy atom. The maximum Gasteiger partial charge on any atom is 0.259 e. The summed E-state index contributed by atoms with van der Waals surface area (Å²) >= 11 is 1.74. The maximum absolute atomic E-state index is 13.0. The summed E-state index contributed by atoms with van der Waals surface area (Å²) in [5.41, 5.74) is 2.62. The minimum absolute atomic E-state index is 0.0503. The number of hydrogen-bond acceptors (Lipinski definition) is 4. The van der Waals surface area contributed by atoms with Gasteiger partial charge in [0.15, 0.2) is 0 Å². The smallest absolute Gasteiger partial charge is 0.259 e. The number of aromatic nitrogens is 2. The SMILES string of the molecule is CC1CCc2c(sc3nc(C(C)N(Cc4ccccc4)C4CC4)[nH]c(=O)c23)C1. The molecule has 2 atom stereocenters. The summed E-state index contributed by atoms with van der Waals surface area (Å²) < 4.78 is 0. The topological polar surface area (TPSA) is 49.0 Å². The van der Waals surface area contributed by atoms with Crippen LogP contribution in [0.2, 0.25) is 0 Å². The lowest BCUT2D eigenvalue weighted by molar-refractivity contribution is 0.183. The normalized spacial score (nSPS) is 20.5. The Hall–Kier alpha value is -1.98. The molecule has 0 amide bonds. The number of hydrogen-bond donors (Lipinski definition) is 1. The molecule has 4 nitrogen and oxygen atoms in total. The molecule has 0 radical (unpaired) electrons. The average Bonchev–Trinajstić information content (AvgIpc) is 3.46. The van der Waals surface area contributed by atoms with Crippen molar-refractivity contribution in [2.75, 3.05) is 0 Å². The molecular weight excluding hydrogens is 366 g/mol. The van der Waals surface area contributed by atoms with Gasteiger partial charge in [-0.2, -0.15) is 0 Å². The molecule has 2 aliphatic carbocycles. The van der Waals surface area contributed by atoms with Gasteiger partial charge >= 0.3 is 0 Å². The van der Waals surface area contributed by atoms with Crippen molar-refractivity contribution in [3.8, 4) is 0 Å². The number of thiophene rings is 1. The fourth-order valence-corrected chi connectivity index (χ4v) is 5.89. The van der Waals surface area contributed by atoms with E-state index in [4.69, 9.17) is 4.98 Å². The van der Waals surface area contributed by atoms with E-state index >= 15 is 0 Å². The summed E-state index contributed by atoms with van der Waals surface area (Å²) in [4.78, 5) is 25.9. The Bertz CT molecular complexity index is 1050. The molecule has 2 aliphatic rings. The lowest BCUT2D eigenvalue weighted by atomic mass is 9.89. The largest absolute Gasteiger partial charge is 0.309 e. The van der Waals surface area contributed by atoms with Crippen LogP contribution in [-0.4, -0.2) is 20.9 Å². The predicted octanol–water partition coefficient (Wildman–Crippen LogP) is 4.84. The second-order valence-corrected chi connectivity index (χ2v) is 9.63. The van der Waals surface area contributed by atoms with Crippen molar-refractivity contribution in [3.63, 3.8) is 0 Å². The molecule has 5 heteroatoms. The molecule has 2 unspecified atom stereocenters. The highest BCUT2D eigenvalue weighted by atomic mass is 32.1. The van der Waals surface area contributed by atoms with Crippen LogP contribution in [0.5, 0.6) is 0 Å². The van der Waals surface area contributed by atoms with Crippen LogP contribution in [-0.2, 0) is 19.4 Å². The predicted molar refractivity (Wildman–Crippen MR) is 115 cm³/mol. The summed E-state index contributed by atoms with van der Waals surface area (Å²) in [6, 6.07) is 11.3. The Balaban J connectivity index is 1.50. The minimum atomic E-state index is 0.0503. The van der Waals surface area contributed by atoms with Crippen LogP contribution in [0.4, 0.5) is 0 Å². The zero-order valence-electron chi connectivity index (χ0n) is 16.6. The Kier molecular flexibility index (Phi) is 4.60. The van der Waals surface area contributed by atoms with Crippen molar-refractivity contribution in [2.45, 2.75) is 64.6 Å². The average molecular weight is 394 g/mol. The van der Waals surface area contributed by atoms with Gasteiger partial charge in [-0.05, 0) is 56.1 Å². The maximum atomic E-state index is 13.0. The van der Waals surface area contributed by atoms with Crippen LogP contribution in [0.15, 0.2) is 35.1 Å². The van der Waals surface area contributed by atoms with E-state index in [1.54, 1.807) is 11.3 Å². The Labute approximate surface area is 169 Å². The van der Waals surface area contributed by atoms with Crippen molar-refractivity contribution in [1.29, 1.82) is 0 Å². The zero-order valence-corrected chi connectivity index (χ0v) is 17.4. The van der Waals surface area contributed by atoms with Gasteiger partial charge in [-0.15, -0.1) is 11.3 Å². The molecule has 2 aromatic heterocycles. The van der Waals surface area contributed by atoms with Crippen molar-refractivity contribution in [2.24, 2.45) is 5.92 Å². The Morgan fingerprint density at radius 3 is 2.79 bits per heavy atom. The molecule has 0 saturated heterocycles. The van der Waals surface area contributed by atoms with Crippen LogP contribution in [0.25, 0.3) is 10.2 Å². The van der Waals surface area contributed by atoms with Crippen LogP contribution in [0, 0.1) is 5.92 Å². The molecule has 0 aliphatic heterocycles. The van der Waals surface area contributed by atoms with Gasteiger partial charge in [-0.1, -0.05) is 37.3 Å². The van der Waals surface area contributed by atoms with Gasteiger partial charge < -0.3 is 4.98 Å². The molecule has 0 spiro atoms. The second-order valence-electron chi connectivity index (χ2n) is 8.55. The quantitative estimate of drug-likeness (QED) is 0.675. The van der Waals surface area contributed by atoms with E-state index in [1.807, 2.05) is 0 Å². The number of benzene rings is 1. The first-order valence-corrected chi connectivity index (χ1v) is 11.3. The molecule has 1 saturated carbocycles. The van der Waals surface area contributed by atoms with Gasteiger partial charge in [0.1, 0.15) is 10.7 Å². The summed E-state index contributed by atoms with van der Waals surface area (Å²) in [5.74, 6) is 1.52. The molecule has 28 heavy (non-hydrogen) atoms. The van der Waals surface area contributed by atoms with Crippen LogP contribution in [0.1, 0.15) is 61.0 Å². The van der Waals surface area contributed by atoms with E-state index in [2.05, 4.69) is 54.1 Å².